The van der Waals surface area contributed by atoms with Crippen LogP contribution in [0.15, 0.2) is 30.3 Å². The summed E-state index contributed by atoms with van der Waals surface area (Å²) in [6.45, 7) is 2.29. The number of amides is 2. The van der Waals surface area contributed by atoms with Gasteiger partial charge in [-0.25, -0.2) is 0 Å². The molecular weight excluding hydrogens is 308 g/mol. The van der Waals surface area contributed by atoms with Crippen LogP contribution >= 0.6 is 0 Å². The summed E-state index contributed by atoms with van der Waals surface area (Å²) < 4.78 is 6.71. The molecule has 24 heavy (non-hydrogen) atoms. The number of ether oxygens (including phenoxy) is 1. The number of nitrogens with one attached hydrogen (secondary N) is 2. The van der Waals surface area contributed by atoms with E-state index in [0.29, 0.717) is 18.7 Å². The van der Waals surface area contributed by atoms with Crippen molar-refractivity contribution in [3.63, 3.8) is 0 Å². The van der Waals surface area contributed by atoms with Gasteiger partial charge in [-0.3, -0.25) is 14.3 Å². The van der Waals surface area contributed by atoms with Crippen LogP contribution in [0.1, 0.15) is 21.7 Å². The lowest BCUT2D eigenvalue weighted by Crippen LogP contribution is -2.37. The highest BCUT2D eigenvalue weighted by atomic mass is 16.5. The molecule has 0 atom stereocenters. The van der Waals surface area contributed by atoms with Crippen LogP contribution in [0.4, 0.5) is 0 Å². The van der Waals surface area contributed by atoms with Gasteiger partial charge in [0.15, 0.2) is 0 Å². The van der Waals surface area contributed by atoms with E-state index in [1.807, 2.05) is 31.2 Å². The number of carbonyl (C=O) groups is 2. The van der Waals surface area contributed by atoms with Crippen LogP contribution in [0.25, 0.3) is 0 Å². The zero-order valence-electron chi connectivity index (χ0n) is 14.1. The van der Waals surface area contributed by atoms with Gasteiger partial charge in [-0.1, -0.05) is 12.1 Å². The van der Waals surface area contributed by atoms with Gasteiger partial charge >= 0.3 is 0 Å². The van der Waals surface area contributed by atoms with Gasteiger partial charge in [0.2, 0.25) is 5.91 Å². The first-order valence-corrected chi connectivity index (χ1v) is 7.68. The number of carbonyl (C=O) groups excluding carboxylic acids is 2. The molecule has 1 heterocycles. The molecule has 0 bridgehead atoms. The summed E-state index contributed by atoms with van der Waals surface area (Å²) >= 11 is 0. The molecule has 0 fully saturated rings. The third-order valence-electron chi connectivity index (χ3n) is 3.65. The van der Waals surface area contributed by atoms with Crippen molar-refractivity contribution in [1.29, 1.82) is 0 Å². The fourth-order valence-electron chi connectivity index (χ4n) is 2.12. The Labute approximate surface area is 141 Å². The van der Waals surface area contributed by atoms with Crippen LogP contribution in [-0.2, 0) is 18.3 Å². The number of aromatic nitrogens is 2. The van der Waals surface area contributed by atoms with Crippen LogP contribution in [0.5, 0.6) is 5.75 Å². The molecule has 2 aromatic rings. The third-order valence-corrected chi connectivity index (χ3v) is 3.65. The second-order valence-corrected chi connectivity index (χ2v) is 5.43. The Bertz CT molecular complexity index is 688. The van der Waals surface area contributed by atoms with Crippen LogP contribution in [-0.4, -0.2) is 41.8 Å². The van der Waals surface area contributed by atoms with Crippen molar-refractivity contribution in [2.45, 2.75) is 13.3 Å². The van der Waals surface area contributed by atoms with E-state index in [9.17, 15) is 9.59 Å². The van der Waals surface area contributed by atoms with E-state index >= 15 is 0 Å². The Hall–Kier alpha value is -2.83. The molecule has 2 amide bonds. The van der Waals surface area contributed by atoms with Crippen molar-refractivity contribution in [3.8, 4) is 5.75 Å². The number of rotatable bonds is 7. The predicted molar refractivity (Wildman–Crippen MR) is 90.0 cm³/mol. The van der Waals surface area contributed by atoms with Gasteiger partial charge in [0.05, 0.1) is 13.7 Å². The molecule has 2 rings (SSSR count). The standard InChI is InChI=1S/C17H22N4O3/c1-12-10-15(20-21(12)2)17(23)19-11-16(22)18-9-8-13-4-6-14(24-3)7-5-13/h4-7,10H,8-9,11H2,1-3H3,(H,18,22)(H,19,23). The minimum absolute atomic E-state index is 0.0724. The van der Waals surface area contributed by atoms with E-state index in [4.69, 9.17) is 4.74 Å². The molecule has 128 valence electrons. The van der Waals surface area contributed by atoms with E-state index in [1.165, 1.54) is 0 Å². The average molecular weight is 330 g/mol. The van der Waals surface area contributed by atoms with Crippen molar-refractivity contribution in [3.05, 3.63) is 47.3 Å². The Balaban J connectivity index is 1.70. The number of methoxy groups -OCH3 is 1. The Kier molecular flexibility index (Phi) is 5.95. The van der Waals surface area contributed by atoms with E-state index in [1.54, 1.807) is 24.9 Å². The second kappa shape index (κ2) is 8.14. The Morgan fingerprint density at radius 2 is 1.92 bits per heavy atom. The van der Waals surface area contributed by atoms with E-state index < -0.39 is 0 Å². The lowest BCUT2D eigenvalue weighted by Gasteiger charge is -2.07. The lowest BCUT2D eigenvalue weighted by atomic mass is 10.1. The molecule has 7 heteroatoms. The fourth-order valence-corrected chi connectivity index (χ4v) is 2.12. The first-order valence-electron chi connectivity index (χ1n) is 7.68. The minimum Gasteiger partial charge on any atom is -0.497 e. The highest BCUT2D eigenvalue weighted by molar-refractivity contribution is 5.94. The normalized spacial score (nSPS) is 10.3. The van der Waals surface area contributed by atoms with Gasteiger partial charge in [0.25, 0.3) is 5.91 Å². The van der Waals surface area contributed by atoms with E-state index in [2.05, 4.69) is 15.7 Å². The number of aryl methyl sites for hydroxylation is 2. The van der Waals surface area contributed by atoms with Crippen molar-refractivity contribution in [1.82, 2.24) is 20.4 Å². The van der Waals surface area contributed by atoms with Crippen LogP contribution in [0, 0.1) is 6.92 Å². The number of benzene rings is 1. The van der Waals surface area contributed by atoms with Gasteiger partial charge in [0, 0.05) is 19.3 Å². The maximum absolute atomic E-state index is 11.9. The minimum atomic E-state index is -0.357. The zero-order valence-corrected chi connectivity index (χ0v) is 14.1. The lowest BCUT2D eigenvalue weighted by molar-refractivity contribution is -0.120. The summed E-state index contributed by atoms with van der Waals surface area (Å²) in [6, 6.07) is 9.35. The van der Waals surface area contributed by atoms with Crippen molar-refractivity contribution >= 4 is 11.8 Å². The SMILES string of the molecule is COc1ccc(CCNC(=O)CNC(=O)c2cc(C)n(C)n2)cc1. The van der Waals surface area contributed by atoms with Gasteiger partial charge in [0.1, 0.15) is 11.4 Å². The molecule has 0 saturated carbocycles. The Morgan fingerprint density at radius 1 is 1.21 bits per heavy atom. The molecule has 0 spiro atoms. The summed E-state index contributed by atoms with van der Waals surface area (Å²) in [4.78, 5) is 23.7. The predicted octanol–water partition coefficient (Wildman–Crippen LogP) is 0.826. The van der Waals surface area contributed by atoms with Crippen LogP contribution in [0.3, 0.4) is 0 Å². The Morgan fingerprint density at radius 3 is 2.50 bits per heavy atom. The molecule has 0 aliphatic rings. The number of hydrogen-bond acceptors (Lipinski definition) is 4. The van der Waals surface area contributed by atoms with Gasteiger partial charge < -0.3 is 15.4 Å². The van der Waals surface area contributed by atoms with E-state index in [0.717, 1.165) is 17.0 Å². The highest BCUT2D eigenvalue weighted by Gasteiger charge is 2.12. The summed E-state index contributed by atoms with van der Waals surface area (Å²) in [5.74, 6) is 0.212. The second-order valence-electron chi connectivity index (χ2n) is 5.43. The topological polar surface area (TPSA) is 85.3 Å². The molecule has 0 aliphatic heterocycles. The largest absolute Gasteiger partial charge is 0.497 e. The van der Waals surface area contributed by atoms with Crippen molar-refractivity contribution < 1.29 is 14.3 Å². The third kappa shape index (κ3) is 4.84. The molecule has 0 radical (unpaired) electrons. The summed E-state index contributed by atoms with van der Waals surface area (Å²) in [7, 11) is 3.38. The molecule has 1 aromatic carbocycles. The maximum atomic E-state index is 11.9. The van der Waals surface area contributed by atoms with Gasteiger partial charge in [-0.15, -0.1) is 0 Å². The van der Waals surface area contributed by atoms with Crippen LogP contribution in [0.2, 0.25) is 0 Å². The summed E-state index contributed by atoms with van der Waals surface area (Å²) in [5, 5.41) is 9.40. The quantitative estimate of drug-likeness (QED) is 0.787. The molecule has 1 aromatic heterocycles. The van der Waals surface area contributed by atoms with Gasteiger partial charge in [-0.2, -0.15) is 5.10 Å². The average Bonchev–Trinajstić information content (AvgIpc) is 2.92. The molecular formula is C17H22N4O3. The van der Waals surface area contributed by atoms with Gasteiger partial charge in [-0.05, 0) is 37.1 Å². The summed E-state index contributed by atoms with van der Waals surface area (Å²) in [5.41, 5.74) is 2.29. The molecule has 2 N–H and O–H groups in total. The summed E-state index contributed by atoms with van der Waals surface area (Å²) in [6.07, 6.45) is 0.711. The zero-order chi connectivity index (χ0) is 17.5. The first kappa shape index (κ1) is 17.5. The molecule has 7 nitrogen and oxygen atoms in total. The van der Waals surface area contributed by atoms with E-state index in [-0.39, 0.29) is 18.4 Å². The maximum Gasteiger partial charge on any atom is 0.272 e. The number of hydrogen-bond donors (Lipinski definition) is 2. The molecule has 0 saturated heterocycles. The van der Waals surface area contributed by atoms with Crippen LogP contribution < -0.4 is 15.4 Å². The first-order chi connectivity index (χ1) is 11.5. The number of nitrogens with zero attached hydrogens (tertiary/aromatic N) is 2. The molecule has 0 unspecified atom stereocenters. The highest BCUT2D eigenvalue weighted by Crippen LogP contribution is 2.11. The molecule has 0 aliphatic carbocycles. The fraction of sp³-hybridized carbons (Fsp3) is 0.353. The van der Waals surface area contributed by atoms with Crippen molar-refractivity contribution in [2.24, 2.45) is 7.05 Å². The smallest absolute Gasteiger partial charge is 0.272 e. The van der Waals surface area contributed by atoms with Crippen molar-refractivity contribution in [2.75, 3.05) is 20.2 Å². The monoisotopic (exact) mass is 330 g/mol.